The van der Waals surface area contributed by atoms with E-state index in [1.54, 1.807) is 6.20 Å². The lowest BCUT2D eigenvalue weighted by atomic mass is 9.84. The number of carboxylic acid groups (broad SMARTS) is 1. The fourth-order valence-electron chi connectivity index (χ4n) is 1.90. The molecule has 0 aliphatic rings. The summed E-state index contributed by atoms with van der Waals surface area (Å²) in [6.07, 6.45) is 3.37. The van der Waals surface area contributed by atoms with Gasteiger partial charge in [0.05, 0.1) is 0 Å². The molecule has 0 saturated heterocycles. The number of nitriles is 1. The summed E-state index contributed by atoms with van der Waals surface area (Å²) in [6, 6.07) is 5.77. The zero-order valence-electron chi connectivity index (χ0n) is 12.0. The first-order valence-corrected chi connectivity index (χ1v) is 6.71. The monoisotopic (exact) mass is 275 g/mol. The van der Waals surface area contributed by atoms with Gasteiger partial charge in [0.2, 0.25) is 0 Å². The first-order chi connectivity index (χ1) is 9.44. The molecule has 0 spiro atoms. The summed E-state index contributed by atoms with van der Waals surface area (Å²) in [5, 5.41) is 20.9. The Morgan fingerprint density at radius 1 is 1.50 bits per heavy atom. The van der Waals surface area contributed by atoms with Crippen LogP contribution < -0.4 is 5.32 Å². The lowest BCUT2D eigenvalue weighted by Crippen LogP contribution is -2.23. The molecule has 0 saturated carbocycles. The van der Waals surface area contributed by atoms with Crippen LogP contribution in [0.3, 0.4) is 0 Å². The number of rotatable bonds is 8. The number of hydrogen-bond acceptors (Lipinski definition) is 4. The van der Waals surface area contributed by atoms with Gasteiger partial charge in [0.1, 0.15) is 11.8 Å². The minimum Gasteiger partial charge on any atom is -0.481 e. The normalized spacial score (nSPS) is 11.1. The maximum atomic E-state index is 10.6. The molecule has 20 heavy (non-hydrogen) atoms. The predicted octanol–water partition coefficient (Wildman–Crippen LogP) is 2.32. The van der Waals surface area contributed by atoms with Crippen LogP contribution in [0.4, 0.5) is 0 Å². The molecule has 1 heterocycles. The van der Waals surface area contributed by atoms with Gasteiger partial charge in [-0.3, -0.25) is 4.79 Å². The van der Waals surface area contributed by atoms with E-state index in [4.69, 9.17) is 10.4 Å². The maximum Gasteiger partial charge on any atom is 0.303 e. The third-order valence-electron chi connectivity index (χ3n) is 3.31. The number of pyridine rings is 1. The van der Waals surface area contributed by atoms with Gasteiger partial charge in [0, 0.05) is 24.7 Å². The predicted molar refractivity (Wildman–Crippen MR) is 75.9 cm³/mol. The van der Waals surface area contributed by atoms with E-state index in [0.29, 0.717) is 18.7 Å². The van der Waals surface area contributed by atoms with Gasteiger partial charge in [0.25, 0.3) is 0 Å². The molecular weight excluding hydrogens is 254 g/mol. The quantitative estimate of drug-likeness (QED) is 0.711. The first-order valence-electron chi connectivity index (χ1n) is 6.71. The highest BCUT2D eigenvalue weighted by Crippen LogP contribution is 2.26. The van der Waals surface area contributed by atoms with Gasteiger partial charge in [-0.15, -0.1) is 0 Å². The molecule has 2 N–H and O–H groups in total. The van der Waals surface area contributed by atoms with Crippen molar-refractivity contribution in [3.05, 3.63) is 29.6 Å². The van der Waals surface area contributed by atoms with E-state index in [1.807, 2.05) is 12.1 Å². The average molecular weight is 275 g/mol. The van der Waals surface area contributed by atoms with Crippen molar-refractivity contribution >= 4 is 5.97 Å². The standard InChI is InChI=1S/C15H21N3O2/c1-15(2,6-5-14(19)20)7-9-17-11-12-4-3-8-18-13(12)10-16/h3-4,8,17H,5-7,9,11H2,1-2H3,(H,19,20). The van der Waals surface area contributed by atoms with Crippen molar-refractivity contribution in [3.63, 3.8) is 0 Å². The largest absolute Gasteiger partial charge is 0.481 e. The number of nitrogens with zero attached hydrogens (tertiary/aromatic N) is 2. The summed E-state index contributed by atoms with van der Waals surface area (Å²) in [7, 11) is 0. The Balaban J connectivity index is 2.34. The lowest BCUT2D eigenvalue weighted by Gasteiger charge is -2.23. The topological polar surface area (TPSA) is 86.0 Å². The summed E-state index contributed by atoms with van der Waals surface area (Å²) in [4.78, 5) is 14.6. The highest BCUT2D eigenvalue weighted by atomic mass is 16.4. The fourth-order valence-corrected chi connectivity index (χ4v) is 1.90. The number of aliphatic carboxylic acids is 1. The molecular formula is C15H21N3O2. The Morgan fingerprint density at radius 3 is 2.90 bits per heavy atom. The van der Waals surface area contributed by atoms with Gasteiger partial charge >= 0.3 is 5.97 Å². The SMILES string of the molecule is CC(C)(CCNCc1cccnc1C#N)CCC(=O)O. The second-order valence-corrected chi connectivity index (χ2v) is 5.61. The Labute approximate surface area is 119 Å². The Bertz CT molecular complexity index is 492. The maximum absolute atomic E-state index is 10.6. The van der Waals surface area contributed by atoms with E-state index in [1.165, 1.54) is 0 Å². The minimum absolute atomic E-state index is 0.00160. The number of carboxylic acids is 1. The Hall–Kier alpha value is -1.93. The molecule has 1 aromatic heterocycles. The third kappa shape index (κ3) is 5.81. The second-order valence-electron chi connectivity index (χ2n) is 5.61. The van der Waals surface area contributed by atoms with Crippen LogP contribution in [0, 0.1) is 16.7 Å². The number of nitrogens with one attached hydrogen (secondary N) is 1. The van der Waals surface area contributed by atoms with E-state index in [0.717, 1.165) is 18.5 Å². The molecule has 0 aliphatic carbocycles. The average Bonchev–Trinajstić information content (AvgIpc) is 2.42. The fraction of sp³-hybridized carbons (Fsp3) is 0.533. The summed E-state index contributed by atoms with van der Waals surface area (Å²) < 4.78 is 0. The zero-order chi connectivity index (χ0) is 15.0. The summed E-state index contributed by atoms with van der Waals surface area (Å²) >= 11 is 0. The minimum atomic E-state index is -0.750. The van der Waals surface area contributed by atoms with Crippen molar-refractivity contribution in [1.82, 2.24) is 10.3 Å². The van der Waals surface area contributed by atoms with Gasteiger partial charge < -0.3 is 10.4 Å². The molecule has 108 valence electrons. The molecule has 0 unspecified atom stereocenters. The first kappa shape index (κ1) is 16.1. The molecule has 0 amide bonds. The van der Waals surface area contributed by atoms with Crippen LogP contribution in [0.15, 0.2) is 18.3 Å². The van der Waals surface area contributed by atoms with E-state index in [2.05, 4.69) is 30.2 Å². The lowest BCUT2D eigenvalue weighted by molar-refractivity contribution is -0.137. The van der Waals surface area contributed by atoms with Crippen LogP contribution in [0.5, 0.6) is 0 Å². The smallest absolute Gasteiger partial charge is 0.303 e. The van der Waals surface area contributed by atoms with Crippen LogP contribution >= 0.6 is 0 Å². The number of hydrogen-bond donors (Lipinski definition) is 2. The van der Waals surface area contributed by atoms with Crippen molar-refractivity contribution < 1.29 is 9.90 Å². The Kier molecular flexibility index (Phi) is 6.13. The van der Waals surface area contributed by atoms with E-state index in [9.17, 15) is 4.79 Å². The van der Waals surface area contributed by atoms with E-state index >= 15 is 0 Å². The second kappa shape index (κ2) is 7.61. The van der Waals surface area contributed by atoms with E-state index < -0.39 is 5.97 Å². The van der Waals surface area contributed by atoms with Crippen molar-refractivity contribution in [2.75, 3.05) is 6.54 Å². The molecule has 1 aromatic rings. The van der Waals surface area contributed by atoms with Crippen LogP contribution in [0.2, 0.25) is 0 Å². The van der Waals surface area contributed by atoms with Gasteiger partial charge in [-0.2, -0.15) is 5.26 Å². The molecule has 5 nitrogen and oxygen atoms in total. The zero-order valence-corrected chi connectivity index (χ0v) is 12.0. The third-order valence-corrected chi connectivity index (χ3v) is 3.31. The van der Waals surface area contributed by atoms with Crippen molar-refractivity contribution in [3.8, 4) is 6.07 Å². The van der Waals surface area contributed by atoms with Gasteiger partial charge in [-0.1, -0.05) is 19.9 Å². The molecule has 0 bridgehead atoms. The van der Waals surface area contributed by atoms with Crippen molar-refractivity contribution in [2.45, 2.75) is 39.7 Å². The molecule has 0 atom stereocenters. The summed E-state index contributed by atoms with van der Waals surface area (Å²) in [6.45, 7) is 5.53. The number of carbonyl (C=O) groups is 1. The molecule has 5 heteroatoms. The van der Waals surface area contributed by atoms with E-state index in [-0.39, 0.29) is 11.8 Å². The highest BCUT2D eigenvalue weighted by Gasteiger charge is 2.18. The van der Waals surface area contributed by atoms with Crippen LogP contribution in [-0.4, -0.2) is 22.6 Å². The van der Waals surface area contributed by atoms with Gasteiger partial charge in [0.15, 0.2) is 0 Å². The molecule has 0 radical (unpaired) electrons. The van der Waals surface area contributed by atoms with Gasteiger partial charge in [-0.25, -0.2) is 4.98 Å². The Morgan fingerprint density at radius 2 is 2.25 bits per heavy atom. The van der Waals surface area contributed by atoms with Crippen molar-refractivity contribution in [1.29, 1.82) is 5.26 Å². The highest BCUT2D eigenvalue weighted by molar-refractivity contribution is 5.66. The van der Waals surface area contributed by atoms with Crippen molar-refractivity contribution in [2.24, 2.45) is 5.41 Å². The molecule has 0 aliphatic heterocycles. The molecule has 0 fully saturated rings. The molecule has 0 aromatic carbocycles. The van der Waals surface area contributed by atoms with Crippen LogP contribution in [0.25, 0.3) is 0 Å². The summed E-state index contributed by atoms with van der Waals surface area (Å²) in [5.74, 6) is -0.750. The summed E-state index contributed by atoms with van der Waals surface area (Å²) in [5.41, 5.74) is 1.33. The number of aromatic nitrogens is 1. The molecule has 1 rings (SSSR count). The van der Waals surface area contributed by atoms with Gasteiger partial charge in [-0.05, 0) is 30.9 Å². The van der Waals surface area contributed by atoms with Crippen LogP contribution in [0.1, 0.15) is 44.4 Å². The van der Waals surface area contributed by atoms with Crippen LogP contribution in [-0.2, 0) is 11.3 Å².